The fourth-order valence-electron chi connectivity index (χ4n) is 2.76. The summed E-state index contributed by atoms with van der Waals surface area (Å²) in [7, 11) is -0.558. The van der Waals surface area contributed by atoms with Gasteiger partial charge in [-0.2, -0.15) is 11.8 Å². The highest BCUT2D eigenvalue weighted by Gasteiger charge is 2.25. The molecule has 1 unspecified atom stereocenters. The Bertz CT molecular complexity index is 439. The zero-order valence-corrected chi connectivity index (χ0v) is 12.1. The molecule has 1 aromatic carbocycles. The normalized spacial score (nSPS) is 31.9. The van der Waals surface area contributed by atoms with Gasteiger partial charge < -0.3 is 5.32 Å². The molecule has 4 heteroatoms. The first-order chi connectivity index (χ1) is 8.83. The van der Waals surface area contributed by atoms with Crippen LogP contribution in [0.2, 0.25) is 0 Å². The molecule has 3 rings (SSSR count). The van der Waals surface area contributed by atoms with E-state index in [1.165, 1.54) is 11.1 Å². The van der Waals surface area contributed by atoms with Crippen molar-refractivity contribution in [3.63, 3.8) is 0 Å². The van der Waals surface area contributed by atoms with Gasteiger partial charge in [-0.05, 0) is 24.0 Å². The number of fused-ring (bicyclic) bond motifs is 1. The molecular weight excluding hydrogens is 262 g/mol. The molecule has 2 aliphatic rings. The molecule has 2 nitrogen and oxygen atoms in total. The summed E-state index contributed by atoms with van der Waals surface area (Å²) < 4.78 is 11.4. The van der Waals surface area contributed by atoms with E-state index in [1.807, 2.05) is 11.8 Å². The summed E-state index contributed by atoms with van der Waals surface area (Å²) in [6, 6.07) is 9.81. The van der Waals surface area contributed by atoms with Crippen LogP contribution < -0.4 is 5.32 Å². The molecular formula is C14H19NOS2. The van der Waals surface area contributed by atoms with Gasteiger partial charge in [0.25, 0.3) is 0 Å². The summed E-state index contributed by atoms with van der Waals surface area (Å²) in [5, 5.41) is 3.78. The van der Waals surface area contributed by atoms with Crippen LogP contribution in [-0.2, 0) is 16.6 Å². The number of hydrogen-bond donors (Lipinski definition) is 1. The van der Waals surface area contributed by atoms with Crippen molar-refractivity contribution in [3.05, 3.63) is 35.4 Å². The number of nitrogens with one attached hydrogen (secondary N) is 1. The number of benzene rings is 1. The van der Waals surface area contributed by atoms with E-state index in [9.17, 15) is 4.21 Å². The van der Waals surface area contributed by atoms with Gasteiger partial charge >= 0.3 is 0 Å². The van der Waals surface area contributed by atoms with Crippen LogP contribution in [0.15, 0.2) is 24.3 Å². The van der Waals surface area contributed by atoms with Crippen molar-refractivity contribution in [2.45, 2.75) is 30.7 Å². The van der Waals surface area contributed by atoms with Gasteiger partial charge in [0.2, 0.25) is 0 Å². The Labute approximate surface area is 115 Å². The van der Waals surface area contributed by atoms with E-state index < -0.39 is 10.8 Å². The Morgan fingerprint density at radius 3 is 2.83 bits per heavy atom. The van der Waals surface area contributed by atoms with Crippen molar-refractivity contribution in [1.82, 2.24) is 5.32 Å². The molecule has 0 saturated carbocycles. The van der Waals surface area contributed by atoms with Crippen LogP contribution in [0.25, 0.3) is 0 Å². The smallest absolute Gasteiger partial charge is 0.0417 e. The lowest BCUT2D eigenvalue weighted by atomic mass is 10.00. The number of hydrogen-bond acceptors (Lipinski definition) is 3. The maximum Gasteiger partial charge on any atom is 0.0417 e. The van der Waals surface area contributed by atoms with Crippen LogP contribution in [0.3, 0.4) is 0 Å². The molecule has 1 fully saturated rings. The van der Waals surface area contributed by atoms with E-state index in [0.29, 0.717) is 12.1 Å². The van der Waals surface area contributed by atoms with Crippen molar-refractivity contribution in [2.24, 2.45) is 0 Å². The topological polar surface area (TPSA) is 29.1 Å². The molecule has 2 aliphatic heterocycles. The number of rotatable bonds is 2. The van der Waals surface area contributed by atoms with Crippen LogP contribution in [0.4, 0.5) is 0 Å². The Balaban J connectivity index is 1.69. The molecule has 0 aromatic heterocycles. The standard InChI is InChI=1S/C14H19NOS2/c16-18-7-5-12(6-8-18)15-14-10-17-9-11-3-1-2-4-13(11)14/h1-4,12,14-15H,5-10H2. The summed E-state index contributed by atoms with van der Waals surface area (Å²) >= 11 is 2.01. The van der Waals surface area contributed by atoms with Gasteiger partial charge in [0.1, 0.15) is 0 Å². The predicted octanol–water partition coefficient (Wildman–Crippen LogP) is 2.48. The molecule has 1 N–H and O–H groups in total. The summed E-state index contributed by atoms with van der Waals surface area (Å²) in [6.45, 7) is 0. The van der Waals surface area contributed by atoms with Crippen LogP contribution >= 0.6 is 11.8 Å². The third kappa shape index (κ3) is 2.81. The molecule has 1 aromatic rings. The maximum atomic E-state index is 11.4. The highest BCUT2D eigenvalue weighted by molar-refractivity contribution is 7.98. The highest BCUT2D eigenvalue weighted by Crippen LogP contribution is 2.32. The molecule has 0 amide bonds. The van der Waals surface area contributed by atoms with Crippen molar-refractivity contribution >= 4 is 22.6 Å². The zero-order chi connectivity index (χ0) is 12.4. The van der Waals surface area contributed by atoms with E-state index in [4.69, 9.17) is 0 Å². The average Bonchev–Trinajstić information content (AvgIpc) is 2.42. The quantitative estimate of drug-likeness (QED) is 0.903. The average molecular weight is 281 g/mol. The van der Waals surface area contributed by atoms with E-state index in [-0.39, 0.29) is 0 Å². The van der Waals surface area contributed by atoms with E-state index >= 15 is 0 Å². The summed E-state index contributed by atoms with van der Waals surface area (Å²) in [6.07, 6.45) is 2.13. The Morgan fingerprint density at radius 2 is 2.00 bits per heavy atom. The third-order valence-corrected chi connectivity index (χ3v) is 6.26. The predicted molar refractivity (Wildman–Crippen MR) is 79.4 cm³/mol. The van der Waals surface area contributed by atoms with Gasteiger partial charge in [0.05, 0.1) is 0 Å². The molecule has 98 valence electrons. The molecule has 1 saturated heterocycles. The molecule has 0 radical (unpaired) electrons. The van der Waals surface area contributed by atoms with E-state index in [0.717, 1.165) is 35.9 Å². The first-order valence-corrected chi connectivity index (χ1v) is 9.24. The van der Waals surface area contributed by atoms with E-state index in [2.05, 4.69) is 29.6 Å². The van der Waals surface area contributed by atoms with Gasteiger partial charge in [-0.1, -0.05) is 24.3 Å². The van der Waals surface area contributed by atoms with Crippen molar-refractivity contribution in [1.29, 1.82) is 0 Å². The minimum Gasteiger partial charge on any atom is -0.306 e. The molecule has 0 spiro atoms. The SMILES string of the molecule is O=S1CCC(NC2CSCc3ccccc32)CC1. The molecule has 0 aliphatic carbocycles. The van der Waals surface area contributed by atoms with Gasteiger partial charge in [0, 0.05) is 45.9 Å². The minimum atomic E-state index is -0.558. The second kappa shape index (κ2) is 5.76. The maximum absolute atomic E-state index is 11.4. The Morgan fingerprint density at radius 1 is 1.22 bits per heavy atom. The molecule has 1 atom stereocenters. The molecule has 0 bridgehead atoms. The lowest BCUT2D eigenvalue weighted by Crippen LogP contribution is -2.39. The van der Waals surface area contributed by atoms with Gasteiger partial charge in [-0.25, -0.2) is 0 Å². The van der Waals surface area contributed by atoms with Crippen molar-refractivity contribution < 1.29 is 4.21 Å². The first-order valence-electron chi connectivity index (χ1n) is 6.59. The van der Waals surface area contributed by atoms with E-state index in [1.54, 1.807) is 0 Å². The van der Waals surface area contributed by atoms with Gasteiger partial charge in [-0.3, -0.25) is 4.21 Å². The monoisotopic (exact) mass is 281 g/mol. The second-order valence-electron chi connectivity index (χ2n) is 5.06. The van der Waals surface area contributed by atoms with Crippen LogP contribution in [-0.4, -0.2) is 27.5 Å². The van der Waals surface area contributed by atoms with Gasteiger partial charge in [0.15, 0.2) is 0 Å². The van der Waals surface area contributed by atoms with Gasteiger partial charge in [-0.15, -0.1) is 0 Å². The fourth-order valence-corrected chi connectivity index (χ4v) is 5.18. The van der Waals surface area contributed by atoms with Crippen molar-refractivity contribution in [2.75, 3.05) is 17.3 Å². The van der Waals surface area contributed by atoms with Crippen LogP contribution in [0.5, 0.6) is 0 Å². The van der Waals surface area contributed by atoms with Crippen LogP contribution in [0, 0.1) is 0 Å². The fraction of sp³-hybridized carbons (Fsp3) is 0.571. The molecule has 18 heavy (non-hydrogen) atoms. The molecule has 2 heterocycles. The lowest BCUT2D eigenvalue weighted by Gasteiger charge is -2.32. The third-order valence-electron chi connectivity index (χ3n) is 3.80. The minimum absolute atomic E-state index is 0.483. The Hall–Kier alpha value is -0.320. The number of thioether (sulfide) groups is 1. The summed E-state index contributed by atoms with van der Waals surface area (Å²) in [5.74, 6) is 4.05. The summed E-state index contributed by atoms with van der Waals surface area (Å²) in [5.41, 5.74) is 2.95. The second-order valence-corrected chi connectivity index (χ2v) is 7.78. The zero-order valence-electron chi connectivity index (χ0n) is 10.4. The summed E-state index contributed by atoms with van der Waals surface area (Å²) in [4.78, 5) is 0. The van der Waals surface area contributed by atoms with Crippen LogP contribution in [0.1, 0.15) is 30.0 Å². The largest absolute Gasteiger partial charge is 0.306 e. The Kier molecular flexibility index (Phi) is 4.07. The van der Waals surface area contributed by atoms with Crippen molar-refractivity contribution in [3.8, 4) is 0 Å². The lowest BCUT2D eigenvalue weighted by molar-refractivity contribution is 0.428. The highest BCUT2D eigenvalue weighted by atomic mass is 32.2. The first kappa shape index (κ1) is 12.7.